The maximum atomic E-state index is 11.0. The Morgan fingerprint density at radius 3 is 2.60 bits per heavy atom. The van der Waals surface area contributed by atoms with E-state index in [9.17, 15) is 9.59 Å². The number of ether oxygens (including phenoxy) is 1. The van der Waals surface area contributed by atoms with Crippen LogP contribution < -0.4 is 10.6 Å². The number of rotatable bonds is 6. The van der Waals surface area contributed by atoms with Crippen molar-refractivity contribution in [3.63, 3.8) is 0 Å². The van der Waals surface area contributed by atoms with E-state index in [0.717, 1.165) is 0 Å². The molecule has 84 valence electrons. The maximum Gasteiger partial charge on any atom is 0.333 e. The van der Waals surface area contributed by atoms with Crippen LogP contribution in [-0.2, 0) is 9.53 Å². The SMILES string of the molecule is C=CCNC(=O)NCCOC(=O)C(=C)C. The number of hydrogen-bond donors (Lipinski definition) is 2. The molecule has 0 aromatic carbocycles. The lowest BCUT2D eigenvalue weighted by Gasteiger charge is -2.06. The molecule has 0 spiro atoms. The van der Waals surface area contributed by atoms with E-state index >= 15 is 0 Å². The van der Waals surface area contributed by atoms with Gasteiger partial charge >= 0.3 is 12.0 Å². The summed E-state index contributed by atoms with van der Waals surface area (Å²) in [6, 6.07) is -0.318. The van der Waals surface area contributed by atoms with E-state index in [1.807, 2.05) is 0 Å². The Hall–Kier alpha value is -1.78. The van der Waals surface area contributed by atoms with Crippen molar-refractivity contribution in [3.8, 4) is 0 Å². The van der Waals surface area contributed by atoms with Gasteiger partial charge in [0.1, 0.15) is 6.61 Å². The van der Waals surface area contributed by atoms with Crippen LogP contribution in [0.1, 0.15) is 6.92 Å². The molecule has 0 saturated carbocycles. The van der Waals surface area contributed by atoms with Gasteiger partial charge in [-0.05, 0) is 6.92 Å². The molecule has 0 heterocycles. The number of urea groups is 1. The van der Waals surface area contributed by atoms with Crippen LogP contribution in [0, 0.1) is 0 Å². The molecule has 5 nitrogen and oxygen atoms in total. The summed E-state index contributed by atoms with van der Waals surface area (Å²) in [7, 11) is 0. The molecule has 5 heteroatoms. The highest BCUT2D eigenvalue weighted by atomic mass is 16.5. The number of nitrogens with one attached hydrogen (secondary N) is 2. The van der Waals surface area contributed by atoms with E-state index in [1.54, 1.807) is 13.0 Å². The minimum Gasteiger partial charge on any atom is -0.460 e. The third kappa shape index (κ3) is 7.30. The second-order valence-corrected chi connectivity index (χ2v) is 2.84. The summed E-state index contributed by atoms with van der Waals surface area (Å²) in [5.74, 6) is -0.455. The molecule has 0 aromatic rings. The smallest absolute Gasteiger partial charge is 0.333 e. The number of hydrogen-bond acceptors (Lipinski definition) is 3. The molecular formula is C10H16N2O3. The Labute approximate surface area is 89.2 Å². The first-order valence-electron chi connectivity index (χ1n) is 4.53. The summed E-state index contributed by atoms with van der Waals surface area (Å²) in [5, 5.41) is 5.02. The molecule has 0 aliphatic heterocycles. The normalized spacial score (nSPS) is 8.87. The van der Waals surface area contributed by atoms with Crippen molar-refractivity contribution < 1.29 is 14.3 Å². The molecule has 0 bridgehead atoms. The zero-order chi connectivity index (χ0) is 11.7. The highest BCUT2D eigenvalue weighted by Gasteiger charge is 2.02. The summed E-state index contributed by atoms with van der Waals surface area (Å²) in [4.78, 5) is 21.8. The Balaban J connectivity index is 3.46. The van der Waals surface area contributed by atoms with Gasteiger partial charge in [-0.25, -0.2) is 9.59 Å². The molecule has 2 N–H and O–H groups in total. The maximum absolute atomic E-state index is 11.0. The number of carbonyl (C=O) groups excluding carboxylic acids is 2. The van der Waals surface area contributed by atoms with Crippen LogP contribution in [0.3, 0.4) is 0 Å². The number of esters is 1. The van der Waals surface area contributed by atoms with Crippen LogP contribution >= 0.6 is 0 Å². The van der Waals surface area contributed by atoms with Crippen LogP contribution in [0.15, 0.2) is 24.8 Å². The summed E-state index contributed by atoms with van der Waals surface area (Å²) >= 11 is 0. The summed E-state index contributed by atoms with van der Waals surface area (Å²) in [5.41, 5.74) is 0.339. The van der Waals surface area contributed by atoms with Crippen molar-refractivity contribution in [1.29, 1.82) is 0 Å². The highest BCUT2D eigenvalue weighted by Crippen LogP contribution is 1.90. The Morgan fingerprint density at radius 2 is 2.07 bits per heavy atom. The van der Waals surface area contributed by atoms with Gasteiger partial charge in [0.2, 0.25) is 0 Å². The molecule has 0 saturated heterocycles. The van der Waals surface area contributed by atoms with Gasteiger partial charge in [0.25, 0.3) is 0 Å². The largest absolute Gasteiger partial charge is 0.460 e. The van der Waals surface area contributed by atoms with Crippen molar-refractivity contribution in [2.45, 2.75) is 6.92 Å². The lowest BCUT2D eigenvalue weighted by Crippen LogP contribution is -2.37. The Bertz CT molecular complexity index is 261. The third-order valence-electron chi connectivity index (χ3n) is 1.38. The first-order valence-corrected chi connectivity index (χ1v) is 4.53. The minimum atomic E-state index is -0.455. The summed E-state index contributed by atoms with van der Waals surface area (Å²) < 4.78 is 4.76. The standard InChI is InChI=1S/C10H16N2O3/c1-4-5-11-10(14)12-6-7-15-9(13)8(2)3/h4H,1-2,5-7H2,3H3,(H2,11,12,14). The average molecular weight is 212 g/mol. The fourth-order valence-electron chi connectivity index (χ4n) is 0.659. The van der Waals surface area contributed by atoms with E-state index in [4.69, 9.17) is 4.74 Å². The van der Waals surface area contributed by atoms with E-state index in [-0.39, 0.29) is 19.2 Å². The molecule has 0 aliphatic carbocycles. The van der Waals surface area contributed by atoms with Crippen LogP contribution in [-0.4, -0.2) is 31.7 Å². The molecule has 0 aromatic heterocycles. The van der Waals surface area contributed by atoms with Crippen LogP contribution in [0.4, 0.5) is 4.79 Å². The number of carbonyl (C=O) groups is 2. The minimum absolute atomic E-state index is 0.132. The molecule has 0 unspecified atom stereocenters. The second-order valence-electron chi connectivity index (χ2n) is 2.84. The first kappa shape index (κ1) is 13.2. The average Bonchev–Trinajstić information content (AvgIpc) is 2.20. The Morgan fingerprint density at radius 1 is 1.40 bits per heavy atom. The molecule has 0 radical (unpaired) electrons. The number of amides is 2. The van der Waals surface area contributed by atoms with Gasteiger partial charge in [-0.3, -0.25) is 0 Å². The fourth-order valence-corrected chi connectivity index (χ4v) is 0.659. The molecule has 0 fully saturated rings. The van der Waals surface area contributed by atoms with Crippen molar-refractivity contribution in [1.82, 2.24) is 10.6 Å². The van der Waals surface area contributed by atoms with Crippen LogP contribution in [0.5, 0.6) is 0 Å². The van der Waals surface area contributed by atoms with Gasteiger partial charge in [-0.1, -0.05) is 12.7 Å². The first-order chi connectivity index (χ1) is 7.07. The summed E-state index contributed by atoms with van der Waals surface area (Å²) in [6.07, 6.45) is 1.57. The lowest BCUT2D eigenvalue weighted by atomic mass is 10.4. The van der Waals surface area contributed by atoms with Gasteiger partial charge in [-0.2, -0.15) is 0 Å². The molecule has 15 heavy (non-hydrogen) atoms. The highest BCUT2D eigenvalue weighted by molar-refractivity contribution is 5.86. The van der Waals surface area contributed by atoms with E-state index in [0.29, 0.717) is 12.1 Å². The van der Waals surface area contributed by atoms with Crippen molar-refractivity contribution in [3.05, 3.63) is 24.8 Å². The zero-order valence-electron chi connectivity index (χ0n) is 8.84. The third-order valence-corrected chi connectivity index (χ3v) is 1.38. The molecule has 2 amide bonds. The Kier molecular flexibility index (Phi) is 6.70. The van der Waals surface area contributed by atoms with E-state index < -0.39 is 5.97 Å². The lowest BCUT2D eigenvalue weighted by molar-refractivity contribution is -0.138. The van der Waals surface area contributed by atoms with Gasteiger partial charge in [0, 0.05) is 12.1 Å². The van der Waals surface area contributed by atoms with Gasteiger partial charge in [0.15, 0.2) is 0 Å². The molecule has 0 aliphatic rings. The topological polar surface area (TPSA) is 67.4 Å². The monoisotopic (exact) mass is 212 g/mol. The van der Waals surface area contributed by atoms with Gasteiger partial charge in [-0.15, -0.1) is 6.58 Å². The van der Waals surface area contributed by atoms with Crippen molar-refractivity contribution in [2.75, 3.05) is 19.7 Å². The zero-order valence-corrected chi connectivity index (χ0v) is 8.84. The van der Waals surface area contributed by atoms with Gasteiger partial charge < -0.3 is 15.4 Å². The van der Waals surface area contributed by atoms with E-state index in [1.165, 1.54) is 0 Å². The summed E-state index contributed by atoms with van der Waals surface area (Å²) in [6.45, 7) is 9.23. The van der Waals surface area contributed by atoms with Gasteiger partial charge in [0.05, 0.1) is 6.54 Å². The van der Waals surface area contributed by atoms with Crippen LogP contribution in [0.2, 0.25) is 0 Å². The van der Waals surface area contributed by atoms with E-state index in [2.05, 4.69) is 23.8 Å². The second kappa shape index (κ2) is 7.61. The molecule has 0 atom stereocenters. The predicted octanol–water partition coefficient (Wildman–Crippen LogP) is 0.591. The van der Waals surface area contributed by atoms with Crippen molar-refractivity contribution in [2.24, 2.45) is 0 Å². The van der Waals surface area contributed by atoms with Crippen LogP contribution in [0.25, 0.3) is 0 Å². The molecular weight excluding hydrogens is 196 g/mol. The van der Waals surface area contributed by atoms with Crippen molar-refractivity contribution >= 4 is 12.0 Å². The molecule has 0 rings (SSSR count). The predicted molar refractivity (Wildman–Crippen MR) is 57.4 cm³/mol. The quantitative estimate of drug-likeness (QED) is 0.293. The fraction of sp³-hybridized carbons (Fsp3) is 0.400.